The molecule has 0 aliphatic carbocycles. The van der Waals surface area contributed by atoms with E-state index >= 15 is 0 Å². The van der Waals surface area contributed by atoms with E-state index in [0.717, 1.165) is 11.1 Å². The van der Waals surface area contributed by atoms with Crippen molar-refractivity contribution in [3.8, 4) is 5.75 Å². The van der Waals surface area contributed by atoms with Gasteiger partial charge in [-0.3, -0.25) is 14.4 Å². The van der Waals surface area contributed by atoms with Crippen LogP contribution in [0.25, 0.3) is 0 Å². The summed E-state index contributed by atoms with van der Waals surface area (Å²) in [5.74, 6) is -2.40. The number of benzene rings is 2. The molecule has 4 aliphatic heterocycles. The molecule has 3 saturated heterocycles. The highest BCUT2D eigenvalue weighted by Crippen LogP contribution is 2.50. The predicted molar refractivity (Wildman–Crippen MR) is 225 cm³/mol. The van der Waals surface area contributed by atoms with Gasteiger partial charge in [-0.05, 0) is 63.1 Å². The maximum absolute atomic E-state index is 14.3. The number of halogens is 1. The molecule has 4 bridgehead atoms. The summed E-state index contributed by atoms with van der Waals surface area (Å²) in [6, 6.07) is 7.49. The Morgan fingerprint density at radius 1 is 1.12 bits per heavy atom. The minimum Gasteiger partial charge on any atom is -0.495 e. The molecule has 15 nitrogen and oxygen atoms in total. The smallest absolute Gasteiger partial charge is 0.328 e. The highest BCUT2D eigenvalue weighted by molar-refractivity contribution is 6.35. The van der Waals surface area contributed by atoms with E-state index in [9.17, 15) is 24.3 Å². The Hall–Kier alpha value is -4.67. The summed E-state index contributed by atoms with van der Waals surface area (Å²) in [5, 5.41) is 12.1. The van der Waals surface area contributed by atoms with Gasteiger partial charge in [-0.1, -0.05) is 42.3 Å². The van der Waals surface area contributed by atoms with Crippen LogP contribution in [-0.4, -0.2) is 130 Å². The third kappa shape index (κ3) is 9.30. The predicted octanol–water partition coefficient (Wildman–Crippen LogP) is 4.50. The van der Waals surface area contributed by atoms with Crippen LogP contribution < -0.4 is 20.3 Å². The van der Waals surface area contributed by atoms with E-state index in [-0.39, 0.29) is 24.3 Å². The third-order valence-electron chi connectivity index (χ3n) is 12.3. The lowest BCUT2D eigenvalue weighted by molar-refractivity contribution is -0.187. The van der Waals surface area contributed by atoms with E-state index < -0.39 is 71.3 Å². The second-order valence-corrected chi connectivity index (χ2v) is 16.9. The van der Waals surface area contributed by atoms with Crippen molar-refractivity contribution in [2.75, 3.05) is 70.2 Å². The molecule has 4 heterocycles. The average molecular weight is 853 g/mol. The Labute approximate surface area is 356 Å². The number of nitrogens with zero attached hydrogens (tertiary/aromatic N) is 3. The van der Waals surface area contributed by atoms with Gasteiger partial charge in [0.05, 0.1) is 56.3 Å². The van der Waals surface area contributed by atoms with Crippen LogP contribution in [0.5, 0.6) is 5.75 Å². The van der Waals surface area contributed by atoms with Crippen molar-refractivity contribution < 1.29 is 52.7 Å². The normalized spacial score (nSPS) is 30.6. The van der Waals surface area contributed by atoms with E-state index in [1.807, 2.05) is 19.9 Å². The highest BCUT2D eigenvalue weighted by atomic mass is 35.5. The molecule has 2 aromatic rings. The highest BCUT2D eigenvalue weighted by Gasteiger charge is 2.64. The van der Waals surface area contributed by atoms with Gasteiger partial charge in [-0.25, -0.2) is 4.79 Å². The van der Waals surface area contributed by atoms with Crippen LogP contribution in [0.2, 0.25) is 5.02 Å². The summed E-state index contributed by atoms with van der Waals surface area (Å²) >= 11 is 6.81. The second kappa shape index (κ2) is 18.1. The standard InChI is InChI=1S/C44H57ClN4O11/c1-25-10-9-11-35(56-8)44(54)23-34(58-38(51)24-44)26(2)40-43(4,60-40)36(22-37(50)48(6)32-19-28(18-25)20-33(55-7)39(32)45)59-42(53)27(3)47(5)41(52)29-12-13-30(46)31(21-29)49-14-16-57-17-15-49/h9-13,19-21,26-27,34-36,40,54H,14-18,22-24,46H2,1-8H3/b11-9+,25-10+/t26-,27+,34+,35-,36+,40+,43+,44-/m1/s1. The number of carbonyl (C=O) groups is 4. The quantitative estimate of drug-likeness (QED) is 0.226. The number of esters is 2. The molecule has 60 heavy (non-hydrogen) atoms. The van der Waals surface area contributed by atoms with Gasteiger partial charge in [-0.2, -0.15) is 0 Å². The zero-order valence-corrected chi connectivity index (χ0v) is 36.3. The van der Waals surface area contributed by atoms with Gasteiger partial charge in [-0.15, -0.1) is 0 Å². The lowest BCUT2D eigenvalue weighted by Crippen LogP contribution is -2.53. The molecule has 6 rings (SSSR count). The molecule has 3 fully saturated rings. The number of allylic oxidation sites excluding steroid dienone is 3. The van der Waals surface area contributed by atoms with Crippen LogP contribution in [0.1, 0.15) is 62.9 Å². The Kier molecular flexibility index (Phi) is 13.6. The van der Waals surface area contributed by atoms with Gasteiger partial charge >= 0.3 is 11.9 Å². The number of amides is 2. The fourth-order valence-electron chi connectivity index (χ4n) is 8.39. The average Bonchev–Trinajstić information content (AvgIpc) is 3.92. The lowest BCUT2D eigenvalue weighted by Gasteiger charge is -2.41. The first-order valence-electron chi connectivity index (χ1n) is 20.2. The number of nitrogens with two attached hydrogens (primary N) is 1. The summed E-state index contributed by atoms with van der Waals surface area (Å²) in [4.78, 5) is 60.1. The summed E-state index contributed by atoms with van der Waals surface area (Å²) in [6.45, 7) is 9.34. The molecule has 0 radical (unpaired) electrons. The van der Waals surface area contributed by atoms with E-state index in [0.29, 0.717) is 61.1 Å². The number of nitrogen functional groups attached to an aromatic ring is 1. The zero-order valence-electron chi connectivity index (χ0n) is 35.6. The number of carbonyl (C=O) groups excluding carboxylic acids is 4. The maximum Gasteiger partial charge on any atom is 0.328 e. The van der Waals surface area contributed by atoms with Crippen molar-refractivity contribution in [1.29, 1.82) is 0 Å². The largest absolute Gasteiger partial charge is 0.495 e. The molecule has 3 N–H and O–H groups in total. The van der Waals surface area contributed by atoms with Crippen LogP contribution in [0, 0.1) is 5.92 Å². The number of methoxy groups -OCH3 is 2. The van der Waals surface area contributed by atoms with Crippen molar-refractivity contribution in [3.05, 3.63) is 70.3 Å². The molecule has 0 unspecified atom stereocenters. The molecular weight excluding hydrogens is 796 g/mol. The van der Waals surface area contributed by atoms with Crippen LogP contribution in [-0.2, 0) is 44.5 Å². The number of epoxide rings is 1. The molecule has 4 aliphatic rings. The van der Waals surface area contributed by atoms with Gasteiger partial charge in [0.1, 0.15) is 46.3 Å². The molecular formula is C44H57ClN4O11. The first-order chi connectivity index (χ1) is 28.4. The van der Waals surface area contributed by atoms with Gasteiger partial charge in [0.25, 0.3) is 5.91 Å². The van der Waals surface area contributed by atoms with E-state index in [2.05, 4.69) is 4.90 Å². The molecule has 8 atom stereocenters. The topological polar surface area (TPSA) is 183 Å². The number of fused-ring (bicyclic) bond motifs is 5. The van der Waals surface area contributed by atoms with Gasteiger partial charge < -0.3 is 54.0 Å². The second-order valence-electron chi connectivity index (χ2n) is 16.5. The Morgan fingerprint density at radius 2 is 1.83 bits per heavy atom. The van der Waals surface area contributed by atoms with Crippen molar-refractivity contribution in [2.45, 2.75) is 95.0 Å². The number of aliphatic hydroxyl groups is 1. The Bertz CT molecular complexity index is 2040. The number of rotatable bonds is 7. The maximum atomic E-state index is 14.3. The van der Waals surface area contributed by atoms with E-state index in [1.54, 1.807) is 63.4 Å². The summed E-state index contributed by atoms with van der Waals surface area (Å²) in [5.41, 5.74) is 7.13. The number of hydrogen-bond acceptors (Lipinski definition) is 13. The van der Waals surface area contributed by atoms with Crippen molar-refractivity contribution in [1.82, 2.24) is 4.90 Å². The zero-order chi connectivity index (χ0) is 43.7. The van der Waals surface area contributed by atoms with Crippen LogP contribution >= 0.6 is 11.6 Å². The summed E-state index contributed by atoms with van der Waals surface area (Å²) in [7, 11) is 6.04. The first-order valence-corrected chi connectivity index (χ1v) is 20.6. The monoisotopic (exact) mass is 852 g/mol. The fourth-order valence-corrected chi connectivity index (χ4v) is 8.70. The summed E-state index contributed by atoms with van der Waals surface area (Å²) < 4.78 is 35.2. The van der Waals surface area contributed by atoms with Crippen LogP contribution in [0.4, 0.5) is 17.1 Å². The molecule has 16 heteroatoms. The lowest BCUT2D eigenvalue weighted by atomic mass is 9.78. The third-order valence-corrected chi connectivity index (χ3v) is 12.7. The number of anilines is 3. The molecule has 2 amide bonds. The molecule has 0 saturated carbocycles. The number of hydrogen-bond donors (Lipinski definition) is 2. The Morgan fingerprint density at radius 3 is 2.52 bits per heavy atom. The van der Waals surface area contributed by atoms with Gasteiger partial charge in [0, 0.05) is 52.2 Å². The number of ether oxygens (including phenoxy) is 6. The minimum atomic E-state index is -1.60. The van der Waals surface area contributed by atoms with E-state index in [4.69, 9.17) is 45.8 Å². The van der Waals surface area contributed by atoms with Crippen molar-refractivity contribution >= 4 is 52.4 Å². The minimum absolute atomic E-state index is 0.0416. The van der Waals surface area contributed by atoms with Crippen molar-refractivity contribution in [3.63, 3.8) is 0 Å². The fraction of sp³-hybridized carbons (Fsp3) is 0.545. The number of likely N-dealkylation sites (N-methyl/N-ethyl adjacent to an activating group) is 1. The van der Waals surface area contributed by atoms with Crippen molar-refractivity contribution in [2.24, 2.45) is 5.92 Å². The summed E-state index contributed by atoms with van der Waals surface area (Å²) in [6.07, 6.45) is 1.76. The van der Waals surface area contributed by atoms with E-state index in [1.165, 1.54) is 31.1 Å². The first kappa shape index (κ1) is 44.9. The number of morpholine rings is 1. The van der Waals surface area contributed by atoms with Crippen LogP contribution in [0.3, 0.4) is 0 Å². The Balaban J connectivity index is 1.32. The van der Waals surface area contributed by atoms with Crippen LogP contribution in [0.15, 0.2) is 54.1 Å². The molecule has 2 aromatic carbocycles. The van der Waals surface area contributed by atoms with Gasteiger partial charge in [0.2, 0.25) is 5.91 Å². The molecule has 0 spiro atoms. The molecule has 0 aromatic heterocycles. The van der Waals surface area contributed by atoms with Gasteiger partial charge in [0.15, 0.2) is 0 Å². The SMILES string of the molecule is COc1cc2cc(c1Cl)N(C)C(=O)C[C@H](OC(=O)[C@H](C)N(C)C(=O)c1ccc(N)c(N3CCOCC3)c1)[C@]1(C)O[C@H]1[C@H](C)[C@@H]1C[C@@](O)(CC(=O)O1)[C@H](OC)/C=C/C=C(\C)C2. The molecule has 326 valence electrons.